The van der Waals surface area contributed by atoms with Crippen molar-refractivity contribution in [2.45, 2.75) is 54.4 Å². The molecule has 0 atom stereocenters. The van der Waals surface area contributed by atoms with E-state index in [1.807, 2.05) is 0 Å². The van der Waals surface area contributed by atoms with Gasteiger partial charge in [0.05, 0.1) is 20.7 Å². The zero-order valence-electron chi connectivity index (χ0n) is 17.5. The second-order valence-electron chi connectivity index (χ2n) is 7.86. The average Bonchev–Trinajstić information content (AvgIpc) is 2.73. The van der Waals surface area contributed by atoms with E-state index < -0.39 is 61.6 Å². The lowest BCUT2D eigenvalue weighted by atomic mass is 9.94. The smallest absolute Gasteiger partial charge is 0.404 e. The van der Waals surface area contributed by atoms with Crippen molar-refractivity contribution in [1.82, 2.24) is 5.32 Å². The summed E-state index contributed by atoms with van der Waals surface area (Å²) in [5.41, 5.74) is -1.60. The molecular formula is C21H17ClF7NO4S. The van der Waals surface area contributed by atoms with Gasteiger partial charge in [0, 0.05) is 11.6 Å². The Balaban J connectivity index is 1.67. The fraction of sp³-hybridized carbons (Fsp3) is 0.381. The first kappa shape index (κ1) is 27.1. The predicted octanol–water partition coefficient (Wildman–Crippen LogP) is 5.91. The Labute approximate surface area is 200 Å². The third kappa shape index (κ3) is 6.78. The molecule has 0 radical (unpaired) electrons. The van der Waals surface area contributed by atoms with E-state index in [2.05, 4.69) is 10.1 Å². The molecule has 14 heteroatoms. The molecule has 5 nitrogen and oxygen atoms in total. The second kappa shape index (κ2) is 9.84. The number of amides is 1. The molecule has 1 N–H and O–H groups in total. The van der Waals surface area contributed by atoms with Crippen LogP contribution in [0.1, 0.15) is 41.6 Å². The van der Waals surface area contributed by atoms with Crippen LogP contribution in [0.5, 0.6) is 5.75 Å². The first-order chi connectivity index (χ1) is 16.1. The number of alkyl halides is 6. The van der Waals surface area contributed by atoms with Crippen LogP contribution in [-0.2, 0) is 16.0 Å². The van der Waals surface area contributed by atoms with Crippen molar-refractivity contribution in [3.8, 4) is 5.75 Å². The number of ether oxygens (including phenoxy) is 1. The third-order valence-electron chi connectivity index (χ3n) is 5.39. The molecular weight excluding hydrogens is 531 g/mol. The largest absolute Gasteiger partial charge is 0.573 e. The van der Waals surface area contributed by atoms with Crippen LogP contribution in [0.2, 0.25) is 5.02 Å². The van der Waals surface area contributed by atoms with Crippen LogP contribution in [0.4, 0.5) is 30.7 Å². The van der Waals surface area contributed by atoms with E-state index in [4.69, 9.17) is 11.6 Å². The van der Waals surface area contributed by atoms with Gasteiger partial charge in [-0.2, -0.15) is 13.2 Å². The minimum atomic E-state index is -5.02. The topological polar surface area (TPSA) is 72.5 Å². The maximum absolute atomic E-state index is 13.7. The lowest BCUT2D eigenvalue weighted by Crippen LogP contribution is -2.40. The van der Waals surface area contributed by atoms with Crippen LogP contribution in [-0.4, -0.2) is 32.0 Å². The third-order valence-corrected chi connectivity index (χ3v) is 7.95. The summed E-state index contributed by atoms with van der Waals surface area (Å²) in [6.45, 7) is 0. The van der Waals surface area contributed by atoms with Crippen LogP contribution < -0.4 is 10.1 Å². The van der Waals surface area contributed by atoms with Crippen LogP contribution in [0.25, 0.3) is 0 Å². The summed E-state index contributed by atoms with van der Waals surface area (Å²) in [5, 5.41) is 1.11. The van der Waals surface area contributed by atoms with Gasteiger partial charge in [-0.1, -0.05) is 11.6 Å². The fourth-order valence-electron chi connectivity index (χ4n) is 3.72. The molecule has 2 aromatic carbocycles. The summed E-state index contributed by atoms with van der Waals surface area (Å²) in [6, 6.07) is 3.60. The van der Waals surface area contributed by atoms with Gasteiger partial charge in [0.15, 0.2) is 9.84 Å². The highest BCUT2D eigenvalue weighted by atomic mass is 35.5. The minimum absolute atomic E-state index is 0.0335. The molecule has 1 aliphatic carbocycles. The van der Waals surface area contributed by atoms with Crippen LogP contribution in [0.15, 0.2) is 41.3 Å². The highest BCUT2D eigenvalue weighted by Crippen LogP contribution is 2.35. The van der Waals surface area contributed by atoms with Crippen molar-refractivity contribution in [2.75, 3.05) is 0 Å². The SMILES string of the molecule is O=C(N[C@H]1CC[C@H](S(=O)(=O)c2cc(F)cc(C(F)(F)F)c2)CC1)c1ccc(Cl)c(OC(F)(F)F)c1. The monoisotopic (exact) mass is 547 g/mol. The van der Waals surface area contributed by atoms with Gasteiger partial charge >= 0.3 is 12.5 Å². The van der Waals surface area contributed by atoms with Crippen LogP contribution in [0, 0.1) is 5.82 Å². The zero-order chi connectivity index (χ0) is 26.2. The molecule has 0 aliphatic heterocycles. The number of halogens is 8. The molecule has 1 amide bonds. The average molecular weight is 548 g/mol. The van der Waals surface area contributed by atoms with Crippen LogP contribution >= 0.6 is 11.6 Å². The highest BCUT2D eigenvalue weighted by molar-refractivity contribution is 7.92. The lowest BCUT2D eigenvalue weighted by Gasteiger charge is -2.29. The van der Waals surface area contributed by atoms with Crippen molar-refractivity contribution in [3.05, 3.63) is 58.4 Å². The molecule has 1 saturated carbocycles. The van der Waals surface area contributed by atoms with Crippen molar-refractivity contribution in [1.29, 1.82) is 0 Å². The van der Waals surface area contributed by atoms with Crippen molar-refractivity contribution in [2.24, 2.45) is 0 Å². The number of hydrogen-bond donors (Lipinski definition) is 1. The Morgan fingerprint density at radius 3 is 2.17 bits per heavy atom. The Morgan fingerprint density at radius 2 is 1.60 bits per heavy atom. The van der Waals surface area contributed by atoms with Crippen molar-refractivity contribution >= 4 is 27.3 Å². The first-order valence-corrected chi connectivity index (χ1v) is 12.0. The predicted molar refractivity (Wildman–Crippen MR) is 110 cm³/mol. The number of nitrogens with one attached hydrogen (secondary N) is 1. The van der Waals surface area contributed by atoms with E-state index in [0.717, 1.165) is 12.1 Å². The molecule has 0 saturated heterocycles. The molecule has 0 heterocycles. The standard InChI is InChI=1S/C21H17ClF7NO4S/c22-17-6-1-11(7-18(17)34-21(27,28)29)19(31)30-14-2-4-15(5-3-14)35(32,33)16-9-12(20(24,25)26)8-13(23)10-16/h1,6-10,14-15H,2-5H2,(H,30,31)/t14-,15-. The van der Waals surface area contributed by atoms with Crippen LogP contribution in [0.3, 0.4) is 0 Å². The molecule has 1 aliphatic rings. The number of sulfone groups is 1. The molecule has 3 rings (SSSR count). The van der Waals surface area contributed by atoms with Gasteiger partial charge in [0.1, 0.15) is 11.6 Å². The van der Waals surface area contributed by atoms with Gasteiger partial charge in [-0.25, -0.2) is 12.8 Å². The molecule has 0 aromatic heterocycles. The maximum atomic E-state index is 13.7. The van der Waals surface area contributed by atoms with Gasteiger partial charge in [-0.05, 0) is 62.1 Å². The van der Waals surface area contributed by atoms with Crippen molar-refractivity contribution in [3.63, 3.8) is 0 Å². The quantitative estimate of drug-likeness (QED) is 0.472. The van der Waals surface area contributed by atoms with E-state index in [1.165, 1.54) is 6.07 Å². The summed E-state index contributed by atoms with van der Waals surface area (Å²) in [5.74, 6) is -2.86. The Bertz CT molecular complexity index is 1210. The summed E-state index contributed by atoms with van der Waals surface area (Å²) in [6.07, 6.45) is -9.78. The molecule has 0 spiro atoms. The normalized spacial score (nSPS) is 19.3. The molecule has 2 aromatic rings. The van der Waals surface area contributed by atoms with E-state index in [1.54, 1.807) is 0 Å². The van der Waals surface area contributed by atoms with E-state index in [9.17, 15) is 43.9 Å². The molecule has 192 valence electrons. The van der Waals surface area contributed by atoms with Gasteiger partial charge < -0.3 is 10.1 Å². The number of rotatable bonds is 5. The van der Waals surface area contributed by atoms with E-state index >= 15 is 0 Å². The molecule has 35 heavy (non-hydrogen) atoms. The summed E-state index contributed by atoms with van der Waals surface area (Å²) >= 11 is 5.65. The fourth-order valence-corrected chi connectivity index (χ4v) is 5.72. The molecule has 0 bridgehead atoms. The maximum Gasteiger partial charge on any atom is 0.573 e. The van der Waals surface area contributed by atoms with Gasteiger partial charge in [0.25, 0.3) is 5.91 Å². The van der Waals surface area contributed by atoms with Gasteiger partial charge in [-0.15, -0.1) is 13.2 Å². The van der Waals surface area contributed by atoms with Gasteiger partial charge in [-0.3, -0.25) is 4.79 Å². The minimum Gasteiger partial charge on any atom is -0.404 e. The number of carbonyl (C=O) groups is 1. The zero-order valence-corrected chi connectivity index (χ0v) is 19.1. The van der Waals surface area contributed by atoms with E-state index in [-0.39, 0.29) is 42.3 Å². The summed E-state index contributed by atoms with van der Waals surface area (Å²) in [4.78, 5) is 11.7. The van der Waals surface area contributed by atoms with Crippen molar-refractivity contribution < 1.29 is 48.7 Å². The van der Waals surface area contributed by atoms with Gasteiger partial charge in [0.2, 0.25) is 0 Å². The first-order valence-electron chi connectivity index (χ1n) is 10.0. The summed E-state index contributed by atoms with van der Waals surface area (Å²) in [7, 11) is -4.29. The Kier molecular flexibility index (Phi) is 7.61. The molecule has 0 unspecified atom stereocenters. The highest BCUT2D eigenvalue weighted by Gasteiger charge is 2.37. The second-order valence-corrected chi connectivity index (χ2v) is 10.5. The number of carbonyl (C=O) groups excluding carboxylic acids is 1. The number of hydrogen-bond acceptors (Lipinski definition) is 4. The lowest BCUT2D eigenvalue weighted by molar-refractivity contribution is -0.274. The number of benzene rings is 2. The summed E-state index contributed by atoms with van der Waals surface area (Å²) < 4.78 is 119. The molecule has 1 fully saturated rings. The van der Waals surface area contributed by atoms with E-state index in [0.29, 0.717) is 12.1 Å². The Hall–Kier alpha value is -2.54. The Morgan fingerprint density at radius 1 is 0.971 bits per heavy atom.